The van der Waals surface area contributed by atoms with Gasteiger partial charge in [-0.15, -0.1) is 0 Å². The molecule has 0 bridgehead atoms. The Morgan fingerprint density at radius 1 is 1.08 bits per heavy atom. The first-order valence-corrected chi connectivity index (χ1v) is 14.4. The number of pyridine rings is 1. The molecule has 0 radical (unpaired) electrons. The van der Waals surface area contributed by atoms with Crippen LogP contribution >= 0.6 is 15.9 Å². The number of anilines is 1. The van der Waals surface area contributed by atoms with Crippen LogP contribution in [0.15, 0.2) is 46.5 Å². The molecule has 1 aromatic heterocycles. The van der Waals surface area contributed by atoms with Crippen molar-refractivity contribution in [3.05, 3.63) is 57.7 Å². The number of aliphatic hydroxyl groups is 1. The summed E-state index contributed by atoms with van der Waals surface area (Å²) in [6, 6.07) is 12.5. The van der Waals surface area contributed by atoms with Crippen LogP contribution in [0.5, 0.6) is 0 Å². The van der Waals surface area contributed by atoms with E-state index < -0.39 is 0 Å². The van der Waals surface area contributed by atoms with Crippen LogP contribution in [-0.2, 0) is 0 Å². The van der Waals surface area contributed by atoms with Crippen molar-refractivity contribution in [2.45, 2.75) is 77.2 Å². The third kappa shape index (κ3) is 3.51. The summed E-state index contributed by atoms with van der Waals surface area (Å²) in [5.41, 5.74) is 11.8. The molecule has 1 heterocycles. The number of allylic oxidation sites excluding steroid dienone is 1. The average Bonchev–Trinajstić information content (AvgIpc) is 3.21. The molecule has 6 rings (SSSR count). The van der Waals surface area contributed by atoms with Gasteiger partial charge in [-0.1, -0.05) is 59.6 Å². The van der Waals surface area contributed by atoms with Crippen molar-refractivity contribution in [1.82, 2.24) is 4.98 Å². The second-order valence-electron chi connectivity index (χ2n) is 12.3. The molecular weight excluding hydrogens is 510 g/mol. The molecule has 1 aromatic carbocycles. The largest absolute Gasteiger partial charge is 0.393 e. The molecule has 3 fully saturated rings. The van der Waals surface area contributed by atoms with E-state index in [0.717, 1.165) is 59.3 Å². The van der Waals surface area contributed by atoms with Gasteiger partial charge in [-0.25, -0.2) is 4.98 Å². The number of aliphatic hydroxyl groups excluding tert-OH is 1. The molecule has 0 amide bonds. The van der Waals surface area contributed by atoms with Gasteiger partial charge < -0.3 is 10.8 Å². The molecule has 4 nitrogen and oxygen atoms in total. The van der Waals surface area contributed by atoms with E-state index in [4.69, 9.17) is 10.7 Å². The van der Waals surface area contributed by atoms with Gasteiger partial charge in [0.15, 0.2) is 0 Å². The first kappa shape index (κ1) is 24.2. The van der Waals surface area contributed by atoms with E-state index in [9.17, 15) is 10.4 Å². The van der Waals surface area contributed by atoms with Gasteiger partial charge in [0.2, 0.25) is 0 Å². The second kappa shape index (κ2) is 8.71. The number of hydrogen-bond donors (Lipinski definition) is 2. The predicted octanol–water partition coefficient (Wildman–Crippen LogP) is 7.37. The quantitative estimate of drug-likeness (QED) is 0.385. The molecule has 0 saturated heterocycles. The number of aromatic nitrogens is 1. The Hall–Kier alpha value is -2.16. The fourth-order valence-electron chi connectivity index (χ4n) is 8.90. The van der Waals surface area contributed by atoms with Crippen molar-refractivity contribution >= 4 is 21.7 Å². The molecule has 0 spiro atoms. The Balaban J connectivity index is 1.37. The number of nitriles is 1. The van der Waals surface area contributed by atoms with Gasteiger partial charge in [0.05, 0.1) is 6.10 Å². The van der Waals surface area contributed by atoms with Gasteiger partial charge in [-0.05, 0) is 97.6 Å². The molecule has 4 aliphatic rings. The normalized spacial score (nSPS) is 37.3. The van der Waals surface area contributed by atoms with Gasteiger partial charge in [-0.2, -0.15) is 5.26 Å². The lowest BCUT2D eigenvalue weighted by molar-refractivity contribution is -0.0412. The maximum atomic E-state index is 10.3. The van der Waals surface area contributed by atoms with Crippen molar-refractivity contribution in [2.75, 3.05) is 5.73 Å². The summed E-state index contributed by atoms with van der Waals surface area (Å²) < 4.78 is 0.963. The third-order valence-electron chi connectivity index (χ3n) is 10.8. The summed E-state index contributed by atoms with van der Waals surface area (Å²) in [6.07, 6.45) is 11.3. The fraction of sp³-hybridized carbons (Fsp3) is 0.548. The predicted molar refractivity (Wildman–Crippen MR) is 147 cm³/mol. The van der Waals surface area contributed by atoms with Crippen LogP contribution in [0.4, 0.5) is 5.82 Å². The van der Waals surface area contributed by atoms with Crippen molar-refractivity contribution in [1.29, 1.82) is 5.26 Å². The zero-order valence-corrected chi connectivity index (χ0v) is 22.9. The highest BCUT2D eigenvalue weighted by Gasteiger charge is 2.59. The summed E-state index contributed by atoms with van der Waals surface area (Å²) >= 11 is 3.68. The molecule has 3 saturated carbocycles. The second-order valence-corrected chi connectivity index (χ2v) is 13.1. The molecule has 4 aliphatic carbocycles. The number of halogens is 1. The first-order chi connectivity index (χ1) is 17.3. The summed E-state index contributed by atoms with van der Waals surface area (Å²) in [5, 5.41) is 20.2. The van der Waals surface area contributed by atoms with Gasteiger partial charge in [0.25, 0.3) is 0 Å². The number of rotatable bonds is 2. The van der Waals surface area contributed by atoms with E-state index in [0.29, 0.717) is 29.1 Å². The molecule has 0 unspecified atom stereocenters. The zero-order valence-electron chi connectivity index (χ0n) is 21.3. The van der Waals surface area contributed by atoms with Crippen LogP contribution < -0.4 is 5.73 Å². The minimum Gasteiger partial charge on any atom is -0.393 e. The number of hydrogen-bond acceptors (Lipinski definition) is 4. The Labute approximate surface area is 223 Å². The lowest BCUT2D eigenvalue weighted by atomic mass is 9.47. The number of nitrogen functional groups attached to an aromatic ring is 1. The van der Waals surface area contributed by atoms with Gasteiger partial charge in [0.1, 0.15) is 17.5 Å². The highest BCUT2D eigenvalue weighted by Crippen LogP contribution is 2.68. The van der Waals surface area contributed by atoms with Crippen LogP contribution in [0, 0.1) is 39.9 Å². The minimum absolute atomic E-state index is 0.155. The maximum absolute atomic E-state index is 10.3. The van der Waals surface area contributed by atoms with Gasteiger partial charge >= 0.3 is 0 Å². The monoisotopic (exact) mass is 545 g/mol. The standard InChI is InChI=1S/C31H36BrN3O/c1-30-13-11-19(36)15-18(30)7-8-21-24-9-10-26(31(24,2)14-12-25(21)30)28-16-22(23(17-33)29(34)35-28)20-5-3-4-6-27(20)32/h3-7,16,19,21,24-26,36H,8-15H2,1-2H3,(H2,34,35)/t19-,21-,24-,25-,26+,30-,31-/m0/s1. The highest BCUT2D eigenvalue weighted by atomic mass is 79.9. The lowest BCUT2D eigenvalue weighted by Gasteiger charge is -2.58. The fourth-order valence-corrected chi connectivity index (χ4v) is 9.40. The van der Waals surface area contributed by atoms with Gasteiger partial charge in [-0.3, -0.25) is 0 Å². The molecule has 188 valence electrons. The van der Waals surface area contributed by atoms with Crippen LogP contribution in [0.2, 0.25) is 0 Å². The van der Waals surface area contributed by atoms with Crippen molar-refractivity contribution in [3.8, 4) is 17.2 Å². The topological polar surface area (TPSA) is 82.9 Å². The maximum Gasteiger partial charge on any atom is 0.142 e. The van der Waals surface area contributed by atoms with Gasteiger partial charge in [0, 0.05) is 21.6 Å². The van der Waals surface area contributed by atoms with Crippen LogP contribution in [-0.4, -0.2) is 16.2 Å². The third-order valence-corrected chi connectivity index (χ3v) is 11.5. The molecule has 3 N–H and O–H groups in total. The summed E-state index contributed by atoms with van der Waals surface area (Å²) in [7, 11) is 0. The number of nitrogens with two attached hydrogens (primary N) is 1. The Bertz CT molecular complexity index is 1280. The first-order valence-electron chi connectivity index (χ1n) is 13.6. The molecule has 36 heavy (non-hydrogen) atoms. The average molecular weight is 547 g/mol. The van der Waals surface area contributed by atoms with Crippen molar-refractivity contribution < 1.29 is 5.11 Å². The smallest absolute Gasteiger partial charge is 0.142 e. The van der Waals surface area contributed by atoms with Crippen LogP contribution in [0.1, 0.15) is 82.4 Å². The molecule has 5 heteroatoms. The van der Waals surface area contributed by atoms with E-state index in [2.05, 4.69) is 48.0 Å². The van der Waals surface area contributed by atoms with Crippen LogP contribution in [0.3, 0.4) is 0 Å². The van der Waals surface area contributed by atoms with E-state index >= 15 is 0 Å². The van der Waals surface area contributed by atoms with Crippen LogP contribution in [0.25, 0.3) is 11.1 Å². The number of benzene rings is 1. The van der Waals surface area contributed by atoms with Crippen molar-refractivity contribution in [2.24, 2.45) is 28.6 Å². The van der Waals surface area contributed by atoms with Crippen molar-refractivity contribution in [3.63, 3.8) is 0 Å². The Kier molecular flexibility index (Phi) is 5.85. The molecule has 0 aliphatic heterocycles. The van der Waals surface area contributed by atoms with E-state index in [1.165, 1.54) is 24.8 Å². The van der Waals surface area contributed by atoms with E-state index in [-0.39, 0.29) is 16.9 Å². The molecule has 2 aromatic rings. The summed E-state index contributed by atoms with van der Waals surface area (Å²) in [6.45, 7) is 5.00. The molecule has 7 atom stereocenters. The zero-order chi connectivity index (χ0) is 25.2. The van der Waals surface area contributed by atoms with E-state index in [1.807, 2.05) is 24.3 Å². The highest BCUT2D eigenvalue weighted by molar-refractivity contribution is 9.10. The number of fused-ring (bicyclic) bond motifs is 5. The molecular formula is C31H36BrN3O. The number of nitrogens with zero attached hydrogens (tertiary/aromatic N) is 2. The minimum atomic E-state index is -0.155. The van der Waals surface area contributed by atoms with E-state index in [1.54, 1.807) is 0 Å². The SMILES string of the molecule is C[C@]12CC[C@H]3[C@@H](CC=C4C[C@@H](O)CC[C@@]43C)[C@@H]1CC[C@@H]2c1cc(-c2ccccc2Br)c(C#N)c(N)n1. The Morgan fingerprint density at radius 2 is 1.89 bits per heavy atom. The summed E-state index contributed by atoms with van der Waals surface area (Å²) in [5.74, 6) is 2.80. The lowest BCUT2D eigenvalue weighted by Crippen LogP contribution is -2.50. The Morgan fingerprint density at radius 3 is 2.67 bits per heavy atom. The summed E-state index contributed by atoms with van der Waals surface area (Å²) in [4.78, 5) is 4.87.